The number of fused-ring (bicyclic) bond motifs is 5. The summed E-state index contributed by atoms with van der Waals surface area (Å²) in [5.41, 5.74) is 4.84. The number of ether oxygens (including phenoxy) is 2. The quantitative estimate of drug-likeness (QED) is 0.337. The lowest BCUT2D eigenvalue weighted by Crippen LogP contribution is -2.01. The predicted octanol–water partition coefficient (Wildman–Crippen LogP) is 3.27. The van der Waals surface area contributed by atoms with Gasteiger partial charge >= 0.3 is 0 Å². The third kappa shape index (κ3) is 2.25. The van der Waals surface area contributed by atoms with Crippen LogP contribution in [0.15, 0.2) is 35.5 Å². The molecule has 1 heterocycles. The molecule has 0 fully saturated rings. The topological polar surface area (TPSA) is 76.1 Å². The van der Waals surface area contributed by atoms with E-state index in [2.05, 4.69) is 16.1 Å². The number of phenolic OH excluding ortho intramolecular Hbond substituents is 1. The Hall–Kier alpha value is -3.59. The first-order chi connectivity index (χ1) is 12.7. The van der Waals surface area contributed by atoms with Crippen LogP contribution in [0.5, 0.6) is 17.2 Å². The highest BCUT2D eigenvalue weighted by Gasteiger charge is 2.33. The second kappa shape index (κ2) is 6.05. The number of phenols is 1. The van der Waals surface area contributed by atoms with Crippen molar-refractivity contribution in [2.45, 2.75) is 0 Å². The van der Waals surface area contributed by atoms with E-state index in [0.717, 1.165) is 33.3 Å². The Morgan fingerprint density at radius 3 is 2.73 bits per heavy atom. The minimum Gasteiger partial charge on any atom is -0.508 e. The van der Waals surface area contributed by atoms with Crippen LogP contribution in [0.2, 0.25) is 0 Å². The van der Waals surface area contributed by atoms with Gasteiger partial charge in [-0.2, -0.15) is 0 Å². The fourth-order valence-corrected chi connectivity index (χ4v) is 3.29. The average molecular weight is 348 g/mol. The Morgan fingerprint density at radius 1 is 1.15 bits per heavy atom. The van der Waals surface area contributed by atoms with E-state index in [4.69, 9.17) is 20.7 Å². The molecule has 0 aliphatic heterocycles. The molecule has 1 aliphatic rings. The molecule has 2 N–H and O–H groups in total. The summed E-state index contributed by atoms with van der Waals surface area (Å²) in [5, 5.41) is 15.0. The lowest BCUT2D eigenvalue weighted by Gasteiger charge is -2.10. The summed E-state index contributed by atoms with van der Waals surface area (Å²) in [5.74, 6) is 3.86. The molecular formula is C20H16N2O4. The maximum Gasteiger partial charge on any atom is 0.177 e. The first kappa shape index (κ1) is 15.9. The number of hydrogen-bond donors (Lipinski definition) is 2. The minimum absolute atomic E-state index is 0.0584. The van der Waals surface area contributed by atoms with Crippen molar-refractivity contribution in [2.75, 3.05) is 20.8 Å². The third-order valence-electron chi connectivity index (χ3n) is 4.36. The summed E-state index contributed by atoms with van der Waals surface area (Å²) >= 11 is 0. The van der Waals surface area contributed by atoms with E-state index in [1.807, 2.05) is 18.2 Å². The van der Waals surface area contributed by atoms with Crippen molar-refractivity contribution >= 4 is 16.6 Å². The number of aromatic amines is 1. The Bertz CT molecular complexity index is 1090. The number of terminal acetylenes is 1. The maximum atomic E-state index is 9.92. The number of aromatic nitrogens is 1. The van der Waals surface area contributed by atoms with Crippen molar-refractivity contribution in [3.8, 4) is 40.8 Å². The molecule has 1 aliphatic carbocycles. The predicted molar refractivity (Wildman–Crippen MR) is 98.9 cm³/mol. The average Bonchev–Trinajstić information content (AvgIpc) is 3.16. The summed E-state index contributed by atoms with van der Waals surface area (Å²) in [6.45, 7) is 0.0584. The molecule has 6 heteroatoms. The summed E-state index contributed by atoms with van der Waals surface area (Å²) in [6.07, 6.45) is 5.26. The van der Waals surface area contributed by atoms with E-state index in [-0.39, 0.29) is 12.4 Å². The standard InChI is InChI=1S/C20H16N2O4/c1-4-7-26-22-19-14-9-12(24-2)10-16(25-3)17(14)20-18(19)13-8-11(23)5-6-15(13)21-20/h1,5-6,8-10,21,23H,7H2,2-3H3. The van der Waals surface area contributed by atoms with Gasteiger partial charge in [0.25, 0.3) is 0 Å². The Labute approximate surface area is 150 Å². The lowest BCUT2D eigenvalue weighted by atomic mass is 10.1. The van der Waals surface area contributed by atoms with Crippen LogP contribution in [-0.2, 0) is 4.84 Å². The molecule has 130 valence electrons. The number of benzene rings is 2. The molecule has 26 heavy (non-hydrogen) atoms. The van der Waals surface area contributed by atoms with Gasteiger partial charge < -0.3 is 24.4 Å². The van der Waals surface area contributed by atoms with Crippen LogP contribution in [-0.4, -0.2) is 36.6 Å². The fourth-order valence-electron chi connectivity index (χ4n) is 3.29. The number of rotatable bonds is 4. The maximum absolute atomic E-state index is 9.92. The van der Waals surface area contributed by atoms with Crippen molar-refractivity contribution in [3.63, 3.8) is 0 Å². The van der Waals surface area contributed by atoms with Crippen molar-refractivity contribution in [1.29, 1.82) is 0 Å². The van der Waals surface area contributed by atoms with E-state index in [1.54, 1.807) is 26.4 Å². The van der Waals surface area contributed by atoms with Gasteiger partial charge in [-0.05, 0) is 24.3 Å². The normalized spacial score (nSPS) is 13.3. The number of nitrogens with zero attached hydrogens (tertiary/aromatic N) is 1. The van der Waals surface area contributed by atoms with Gasteiger partial charge in [0.15, 0.2) is 6.61 Å². The molecule has 0 unspecified atom stereocenters. The summed E-state index contributed by atoms with van der Waals surface area (Å²) in [4.78, 5) is 8.65. The van der Waals surface area contributed by atoms with E-state index in [0.29, 0.717) is 17.2 Å². The molecule has 0 atom stereocenters. The zero-order chi connectivity index (χ0) is 18.3. The Morgan fingerprint density at radius 2 is 2.00 bits per heavy atom. The monoisotopic (exact) mass is 348 g/mol. The third-order valence-corrected chi connectivity index (χ3v) is 4.36. The zero-order valence-corrected chi connectivity index (χ0v) is 14.3. The molecular weight excluding hydrogens is 332 g/mol. The molecule has 4 rings (SSSR count). The van der Waals surface area contributed by atoms with Crippen LogP contribution in [0.25, 0.3) is 22.2 Å². The number of oxime groups is 1. The molecule has 6 nitrogen and oxygen atoms in total. The van der Waals surface area contributed by atoms with Crippen LogP contribution in [0.1, 0.15) is 11.1 Å². The van der Waals surface area contributed by atoms with Crippen molar-refractivity contribution in [1.82, 2.24) is 4.98 Å². The van der Waals surface area contributed by atoms with Gasteiger partial charge in [-0.25, -0.2) is 0 Å². The number of methoxy groups -OCH3 is 2. The van der Waals surface area contributed by atoms with Crippen LogP contribution in [0, 0.1) is 12.3 Å². The molecule has 0 amide bonds. The Kier molecular flexibility index (Phi) is 3.70. The molecule has 0 spiro atoms. The van der Waals surface area contributed by atoms with Crippen molar-refractivity contribution in [2.24, 2.45) is 5.16 Å². The molecule has 0 saturated carbocycles. The molecule has 1 aromatic heterocycles. The number of aromatic hydroxyl groups is 1. The highest BCUT2D eigenvalue weighted by atomic mass is 16.6. The van der Waals surface area contributed by atoms with E-state index in [9.17, 15) is 5.11 Å². The highest BCUT2D eigenvalue weighted by Crippen LogP contribution is 2.47. The van der Waals surface area contributed by atoms with Crippen LogP contribution >= 0.6 is 0 Å². The van der Waals surface area contributed by atoms with Crippen LogP contribution in [0.4, 0.5) is 0 Å². The van der Waals surface area contributed by atoms with E-state index < -0.39 is 0 Å². The highest BCUT2D eigenvalue weighted by molar-refractivity contribution is 6.30. The van der Waals surface area contributed by atoms with Gasteiger partial charge in [0, 0.05) is 28.1 Å². The molecule has 0 saturated heterocycles. The second-order valence-electron chi connectivity index (χ2n) is 5.77. The smallest absolute Gasteiger partial charge is 0.177 e. The molecule has 3 aromatic rings. The van der Waals surface area contributed by atoms with Gasteiger partial charge in [0.1, 0.15) is 23.0 Å². The van der Waals surface area contributed by atoms with Gasteiger partial charge in [-0.3, -0.25) is 0 Å². The van der Waals surface area contributed by atoms with Gasteiger partial charge in [0.05, 0.1) is 25.5 Å². The lowest BCUT2D eigenvalue weighted by molar-refractivity contribution is 0.180. The zero-order valence-electron chi connectivity index (χ0n) is 14.3. The fraction of sp³-hybridized carbons (Fsp3) is 0.150. The SMILES string of the molecule is C#CCON=C1c2cc(OC)cc(OC)c2-c2[nH]c3ccc(O)cc3c21. The molecule has 0 bridgehead atoms. The number of hydrogen-bond acceptors (Lipinski definition) is 5. The first-order valence-electron chi connectivity index (χ1n) is 7.93. The van der Waals surface area contributed by atoms with Crippen molar-refractivity contribution in [3.05, 3.63) is 41.5 Å². The summed E-state index contributed by atoms with van der Waals surface area (Å²) in [7, 11) is 3.20. The van der Waals surface area contributed by atoms with Gasteiger partial charge in [-0.1, -0.05) is 11.1 Å². The van der Waals surface area contributed by atoms with Crippen molar-refractivity contribution < 1.29 is 19.4 Å². The minimum atomic E-state index is 0.0584. The first-order valence-corrected chi connectivity index (χ1v) is 7.93. The number of H-pyrrole nitrogens is 1. The van der Waals surface area contributed by atoms with Gasteiger partial charge in [0.2, 0.25) is 0 Å². The summed E-state index contributed by atoms with van der Waals surface area (Å²) < 4.78 is 11.0. The number of nitrogens with one attached hydrogen (secondary N) is 1. The van der Waals surface area contributed by atoms with Crippen LogP contribution < -0.4 is 9.47 Å². The van der Waals surface area contributed by atoms with E-state index in [1.165, 1.54) is 0 Å². The Balaban J connectivity index is 2.05. The molecule has 0 radical (unpaired) electrons. The second-order valence-corrected chi connectivity index (χ2v) is 5.77. The summed E-state index contributed by atoms with van der Waals surface area (Å²) in [6, 6.07) is 8.83. The van der Waals surface area contributed by atoms with E-state index >= 15 is 0 Å². The van der Waals surface area contributed by atoms with Gasteiger partial charge in [-0.15, -0.1) is 6.42 Å². The van der Waals surface area contributed by atoms with Crippen LogP contribution in [0.3, 0.4) is 0 Å². The largest absolute Gasteiger partial charge is 0.508 e. The molecule has 2 aromatic carbocycles.